The number of hydrogen-bond donors (Lipinski definition) is 3. The van der Waals surface area contributed by atoms with Crippen LogP contribution >= 0.6 is 0 Å². The van der Waals surface area contributed by atoms with Gasteiger partial charge < -0.3 is 20.4 Å². The number of rotatable bonds is 10. The van der Waals surface area contributed by atoms with Gasteiger partial charge in [0.25, 0.3) is 5.91 Å². The van der Waals surface area contributed by atoms with Crippen molar-refractivity contribution in [1.29, 1.82) is 0 Å². The van der Waals surface area contributed by atoms with Crippen molar-refractivity contribution < 1.29 is 14.3 Å². The average Bonchev–Trinajstić information content (AvgIpc) is 2.79. The molecule has 0 saturated carbocycles. The van der Waals surface area contributed by atoms with Gasteiger partial charge in [-0.15, -0.1) is 0 Å². The number of carbonyl (C=O) groups is 2. The van der Waals surface area contributed by atoms with Crippen LogP contribution < -0.4 is 10.6 Å². The summed E-state index contributed by atoms with van der Waals surface area (Å²) in [6.07, 6.45) is 1.60. The number of ketones is 1. The molecule has 22 heavy (non-hydrogen) atoms. The molecule has 0 radical (unpaired) electrons. The summed E-state index contributed by atoms with van der Waals surface area (Å²) in [7, 11) is 1.65. The predicted octanol–water partition coefficient (Wildman–Crippen LogP) is 1.44. The molecule has 1 aromatic heterocycles. The molecule has 1 rings (SSSR count). The van der Waals surface area contributed by atoms with Crippen LogP contribution in [-0.2, 0) is 11.2 Å². The number of aromatic amines is 1. The first-order valence-electron chi connectivity index (χ1n) is 7.73. The van der Waals surface area contributed by atoms with Crippen LogP contribution in [0, 0.1) is 6.92 Å². The highest BCUT2D eigenvalue weighted by Gasteiger charge is 2.21. The molecule has 0 aliphatic heterocycles. The molecule has 0 saturated heterocycles. The molecule has 6 heteroatoms. The van der Waals surface area contributed by atoms with Gasteiger partial charge in [0.2, 0.25) is 0 Å². The molecular formula is C16H27N3O3. The topological polar surface area (TPSA) is 83.2 Å². The second-order valence-corrected chi connectivity index (χ2v) is 5.28. The quantitative estimate of drug-likeness (QED) is 0.451. The van der Waals surface area contributed by atoms with Crippen LogP contribution in [0.3, 0.4) is 0 Å². The Hall–Kier alpha value is -1.66. The first-order chi connectivity index (χ1) is 10.5. The molecule has 0 bridgehead atoms. The van der Waals surface area contributed by atoms with Crippen LogP contribution in [0.5, 0.6) is 0 Å². The van der Waals surface area contributed by atoms with Gasteiger partial charge in [0.15, 0.2) is 5.78 Å². The zero-order valence-electron chi connectivity index (χ0n) is 14.0. The molecule has 0 aromatic carbocycles. The molecule has 1 aromatic rings. The largest absolute Gasteiger partial charge is 0.383 e. The van der Waals surface area contributed by atoms with Crippen molar-refractivity contribution in [1.82, 2.24) is 15.6 Å². The number of nitrogens with one attached hydrogen (secondary N) is 3. The molecule has 0 spiro atoms. The van der Waals surface area contributed by atoms with E-state index in [1.54, 1.807) is 7.11 Å². The Morgan fingerprint density at radius 3 is 2.55 bits per heavy atom. The highest BCUT2D eigenvalue weighted by atomic mass is 16.5. The number of hydrogen-bond acceptors (Lipinski definition) is 4. The van der Waals surface area contributed by atoms with Crippen molar-refractivity contribution in [3.8, 4) is 0 Å². The summed E-state index contributed by atoms with van der Waals surface area (Å²) in [4.78, 5) is 27.2. The average molecular weight is 309 g/mol. The van der Waals surface area contributed by atoms with E-state index >= 15 is 0 Å². The van der Waals surface area contributed by atoms with Gasteiger partial charge in [-0.25, -0.2) is 0 Å². The normalized spacial score (nSPS) is 10.7. The van der Waals surface area contributed by atoms with E-state index < -0.39 is 0 Å². The van der Waals surface area contributed by atoms with E-state index in [1.165, 1.54) is 6.92 Å². The number of ether oxygens (including phenoxy) is 1. The van der Waals surface area contributed by atoms with Crippen molar-refractivity contribution in [2.75, 3.05) is 33.4 Å². The van der Waals surface area contributed by atoms with Crippen molar-refractivity contribution in [3.63, 3.8) is 0 Å². The summed E-state index contributed by atoms with van der Waals surface area (Å²) in [6.45, 7) is 8.01. The minimum absolute atomic E-state index is 0.00233. The summed E-state index contributed by atoms with van der Waals surface area (Å²) in [6, 6.07) is 0. The molecule has 0 aliphatic rings. The SMILES string of the molecule is CCCc1c(C(=O)NCCNCCOC)[nH]c(C)c1C(C)=O. The van der Waals surface area contributed by atoms with Gasteiger partial charge in [0, 0.05) is 38.0 Å². The lowest BCUT2D eigenvalue weighted by atomic mass is 10.0. The highest BCUT2D eigenvalue weighted by molar-refractivity contribution is 6.02. The lowest BCUT2D eigenvalue weighted by Gasteiger charge is -2.08. The maximum Gasteiger partial charge on any atom is 0.268 e. The molecule has 1 heterocycles. The number of H-pyrrole nitrogens is 1. The van der Waals surface area contributed by atoms with Gasteiger partial charge in [0.1, 0.15) is 5.69 Å². The number of aryl methyl sites for hydroxylation is 1. The van der Waals surface area contributed by atoms with E-state index in [1.807, 2.05) is 13.8 Å². The number of methoxy groups -OCH3 is 1. The molecule has 0 unspecified atom stereocenters. The molecule has 1 amide bonds. The molecule has 124 valence electrons. The molecule has 3 N–H and O–H groups in total. The third-order valence-electron chi connectivity index (χ3n) is 3.44. The van der Waals surface area contributed by atoms with Crippen LogP contribution in [0.4, 0.5) is 0 Å². The van der Waals surface area contributed by atoms with Gasteiger partial charge in [0.05, 0.1) is 6.61 Å². The van der Waals surface area contributed by atoms with Gasteiger partial charge >= 0.3 is 0 Å². The molecular weight excluding hydrogens is 282 g/mol. The van der Waals surface area contributed by atoms with E-state index in [2.05, 4.69) is 15.6 Å². The first kappa shape index (κ1) is 18.4. The molecule has 0 atom stereocenters. The van der Waals surface area contributed by atoms with Crippen LogP contribution in [-0.4, -0.2) is 50.0 Å². The molecule has 0 fully saturated rings. The molecule has 6 nitrogen and oxygen atoms in total. The number of Topliss-reactive ketones (excluding diaryl/α,β-unsaturated/α-hetero) is 1. The Balaban J connectivity index is 2.68. The summed E-state index contributed by atoms with van der Waals surface area (Å²) >= 11 is 0. The Morgan fingerprint density at radius 2 is 1.95 bits per heavy atom. The van der Waals surface area contributed by atoms with Gasteiger partial charge in [-0.1, -0.05) is 13.3 Å². The fraction of sp³-hybridized carbons (Fsp3) is 0.625. The predicted molar refractivity (Wildman–Crippen MR) is 86.6 cm³/mol. The van der Waals surface area contributed by atoms with E-state index in [4.69, 9.17) is 4.74 Å². The smallest absolute Gasteiger partial charge is 0.268 e. The Morgan fingerprint density at radius 1 is 1.23 bits per heavy atom. The van der Waals surface area contributed by atoms with E-state index in [0.717, 1.165) is 24.2 Å². The first-order valence-corrected chi connectivity index (χ1v) is 7.73. The summed E-state index contributed by atoms with van der Waals surface area (Å²) in [5, 5.41) is 6.03. The van der Waals surface area contributed by atoms with Crippen LogP contribution in [0.15, 0.2) is 0 Å². The van der Waals surface area contributed by atoms with Crippen LogP contribution in [0.25, 0.3) is 0 Å². The van der Waals surface area contributed by atoms with Crippen molar-refractivity contribution in [3.05, 3.63) is 22.5 Å². The standard InChI is InChI=1S/C16H27N3O3/c1-5-6-13-14(12(3)20)11(2)19-15(13)16(21)18-8-7-17-9-10-22-4/h17,19H,5-10H2,1-4H3,(H,18,21). The lowest BCUT2D eigenvalue weighted by molar-refractivity contribution is 0.0948. The molecule has 0 aliphatic carbocycles. The number of aromatic nitrogens is 1. The van der Waals surface area contributed by atoms with E-state index in [-0.39, 0.29) is 11.7 Å². The fourth-order valence-electron chi connectivity index (χ4n) is 2.50. The van der Waals surface area contributed by atoms with E-state index in [9.17, 15) is 9.59 Å². The zero-order valence-corrected chi connectivity index (χ0v) is 14.0. The third kappa shape index (κ3) is 4.96. The maximum absolute atomic E-state index is 12.3. The Kier molecular flexibility index (Phi) is 7.84. The second-order valence-electron chi connectivity index (χ2n) is 5.28. The van der Waals surface area contributed by atoms with Gasteiger partial charge in [-0.3, -0.25) is 9.59 Å². The monoisotopic (exact) mass is 309 g/mol. The third-order valence-corrected chi connectivity index (χ3v) is 3.44. The Bertz CT molecular complexity index is 509. The summed E-state index contributed by atoms with van der Waals surface area (Å²) in [5.74, 6) is -0.162. The minimum atomic E-state index is -0.160. The maximum atomic E-state index is 12.3. The lowest BCUT2D eigenvalue weighted by Crippen LogP contribution is -2.33. The fourth-order valence-corrected chi connectivity index (χ4v) is 2.50. The highest BCUT2D eigenvalue weighted by Crippen LogP contribution is 2.21. The minimum Gasteiger partial charge on any atom is -0.383 e. The second kappa shape index (κ2) is 9.38. The van der Waals surface area contributed by atoms with Crippen LogP contribution in [0.2, 0.25) is 0 Å². The number of amides is 1. The van der Waals surface area contributed by atoms with Crippen molar-refractivity contribution >= 4 is 11.7 Å². The summed E-state index contributed by atoms with van der Waals surface area (Å²) < 4.78 is 4.93. The van der Waals surface area contributed by atoms with Crippen LogP contribution in [0.1, 0.15) is 52.4 Å². The number of carbonyl (C=O) groups excluding carboxylic acids is 2. The zero-order chi connectivity index (χ0) is 16.5. The van der Waals surface area contributed by atoms with Crippen molar-refractivity contribution in [2.45, 2.75) is 33.6 Å². The van der Waals surface area contributed by atoms with Crippen molar-refractivity contribution in [2.24, 2.45) is 0 Å². The Labute approximate surface area is 132 Å². The van der Waals surface area contributed by atoms with Gasteiger partial charge in [-0.2, -0.15) is 0 Å². The van der Waals surface area contributed by atoms with Gasteiger partial charge in [-0.05, 0) is 25.8 Å². The summed E-state index contributed by atoms with van der Waals surface area (Å²) in [5.41, 5.74) is 2.77. The van der Waals surface area contributed by atoms with E-state index in [0.29, 0.717) is 37.4 Å².